The average molecular weight is 715 g/mol. The predicted molar refractivity (Wildman–Crippen MR) is 192 cm³/mol. The van der Waals surface area contributed by atoms with Crippen molar-refractivity contribution < 1.29 is 41.4 Å². The lowest BCUT2D eigenvalue weighted by molar-refractivity contribution is -0.628. The highest BCUT2D eigenvalue weighted by Gasteiger charge is 2.19. The molecule has 0 radical (unpaired) electrons. The minimum Gasteiger partial charge on any atom is -1.00 e. The number of halogens is 1. The van der Waals surface area contributed by atoms with Gasteiger partial charge in [0.15, 0.2) is 0 Å². The minimum atomic E-state index is -0.757. The van der Waals surface area contributed by atoms with E-state index in [0.717, 1.165) is 57.9 Å². The highest BCUT2D eigenvalue weighted by atomic mass is 79.9. The molecule has 0 aliphatic rings. The van der Waals surface area contributed by atoms with Crippen LogP contribution in [0.3, 0.4) is 0 Å². The third kappa shape index (κ3) is 37.3. The van der Waals surface area contributed by atoms with Crippen molar-refractivity contribution in [3.63, 3.8) is 0 Å². The first-order valence-electron chi connectivity index (χ1n) is 19.6. The van der Waals surface area contributed by atoms with Gasteiger partial charge in [0.1, 0.15) is 0 Å². The minimum absolute atomic E-state index is 0. The molecule has 2 N–H and O–H groups in total. The topological polar surface area (TPSA) is 69.2 Å². The molecule has 5 nitrogen and oxygen atoms in total. The van der Waals surface area contributed by atoms with Crippen LogP contribution in [0, 0.1) is 0 Å². The Hall–Kier alpha value is -1.14. The average Bonchev–Trinajstić information content (AvgIpc) is 3.03. The van der Waals surface area contributed by atoms with E-state index in [1.165, 1.54) is 116 Å². The Bertz CT molecular complexity index is 643. The molecule has 0 bridgehead atoms. The van der Waals surface area contributed by atoms with E-state index in [-0.39, 0.29) is 28.9 Å². The molecule has 0 unspecified atom stereocenters. The van der Waals surface area contributed by atoms with E-state index in [1.54, 1.807) is 0 Å². The van der Waals surface area contributed by atoms with E-state index < -0.39 is 6.29 Å². The number of quaternary nitrogens is 1. The van der Waals surface area contributed by atoms with Crippen LogP contribution < -0.4 is 22.3 Å². The van der Waals surface area contributed by atoms with Crippen molar-refractivity contribution >= 4 is 11.9 Å². The molecule has 0 saturated heterocycles. The molecule has 0 aliphatic heterocycles. The largest absolute Gasteiger partial charge is 1.00 e. The monoisotopic (exact) mass is 713 g/mol. The summed E-state index contributed by atoms with van der Waals surface area (Å²) in [4.78, 5) is 24.8. The molecule has 46 heavy (non-hydrogen) atoms. The van der Waals surface area contributed by atoms with Crippen LogP contribution in [0.25, 0.3) is 0 Å². The number of nitrogens with two attached hydrogens (primary N) is 1. The summed E-state index contributed by atoms with van der Waals surface area (Å²) in [6.45, 7) is 5.29. The van der Waals surface area contributed by atoms with Gasteiger partial charge in [0.05, 0.1) is 20.0 Å². The van der Waals surface area contributed by atoms with Gasteiger partial charge in [-0.05, 0) is 64.2 Å². The second-order valence-electron chi connectivity index (χ2n) is 13.1. The maximum Gasteiger partial charge on any atom is 0.308 e. The zero-order valence-corrected chi connectivity index (χ0v) is 32.3. The van der Waals surface area contributed by atoms with Crippen molar-refractivity contribution in [2.45, 2.75) is 206 Å². The number of carbonyl (C=O) groups is 2. The number of carbonyl (C=O) groups excluding carboxylic acids is 2. The van der Waals surface area contributed by atoms with Gasteiger partial charge in [-0.15, -0.1) is 0 Å². The number of esters is 2. The van der Waals surface area contributed by atoms with Crippen LogP contribution in [0.1, 0.15) is 200 Å². The number of hydrogen-bond donors (Lipinski definition) is 1. The van der Waals surface area contributed by atoms with Gasteiger partial charge in [0.2, 0.25) is 0 Å². The van der Waals surface area contributed by atoms with Crippen LogP contribution in [0.2, 0.25) is 0 Å². The van der Waals surface area contributed by atoms with Gasteiger partial charge in [0.25, 0.3) is 6.29 Å². The van der Waals surface area contributed by atoms with Crippen LogP contribution in [0.5, 0.6) is 0 Å². The van der Waals surface area contributed by atoms with Gasteiger partial charge in [-0.2, -0.15) is 0 Å². The van der Waals surface area contributed by atoms with Gasteiger partial charge < -0.3 is 31.8 Å². The highest BCUT2D eigenvalue weighted by molar-refractivity contribution is 5.71. The molecule has 0 saturated carbocycles. The highest BCUT2D eigenvalue weighted by Crippen LogP contribution is 2.14. The van der Waals surface area contributed by atoms with E-state index in [2.05, 4.69) is 38.2 Å². The van der Waals surface area contributed by atoms with E-state index in [9.17, 15) is 9.59 Å². The maximum atomic E-state index is 12.4. The molecule has 0 amide bonds. The van der Waals surface area contributed by atoms with Gasteiger partial charge >= 0.3 is 11.9 Å². The fraction of sp³-hybridized carbons (Fsp3) is 0.850. The van der Waals surface area contributed by atoms with E-state index in [0.29, 0.717) is 19.3 Å². The van der Waals surface area contributed by atoms with Crippen LogP contribution in [0.15, 0.2) is 24.3 Å². The summed E-state index contributed by atoms with van der Waals surface area (Å²) in [7, 11) is 1.97. The summed E-state index contributed by atoms with van der Waals surface area (Å²) in [5.41, 5.74) is 0. The number of hydrogen-bond acceptors (Lipinski definition) is 4. The lowest BCUT2D eigenvalue weighted by Crippen LogP contribution is -3.00. The van der Waals surface area contributed by atoms with Crippen LogP contribution in [-0.2, 0) is 19.1 Å². The summed E-state index contributed by atoms with van der Waals surface area (Å²) >= 11 is 0. The first-order chi connectivity index (χ1) is 22.1. The molecular weight excluding hydrogens is 638 g/mol. The molecule has 0 rings (SSSR count). The van der Waals surface area contributed by atoms with Gasteiger partial charge in [0, 0.05) is 12.8 Å². The summed E-state index contributed by atoms with van der Waals surface area (Å²) in [6.07, 6.45) is 42.0. The summed E-state index contributed by atoms with van der Waals surface area (Å²) in [5, 5.41) is 2.02. The second-order valence-corrected chi connectivity index (χ2v) is 13.1. The molecule has 6 heteroatoms. The third-order valence-corrected chi connectivity index (χ3v) is 8.50. The van der Waals surface area contributed by atoms with Crippen molar-refractivity contribution in [1.29, 1.82) is 0 Å². The summed E-state index contributed by atoms with van der Waals surface area (Å²) < 4.78 is 11.1. The fourth-order valence-electron chi connectivity index (χ4n) is 5.54. The Labute approximate surface area is 296 Å². The normalized spacial score (nSPS) is 11.5. The van der Waals surface area contributed by atoms with Crippen LogP contribution >= 0.6 is 0 Å². The smallest absolute Gasteiger partial charge is 0.308 e. The Morgan fingerprint density at radius 3 is 1.13 bits per heavy atom. The zero-order chi connectivity index (χ0) is 32.9. The zero-order valence-electron chi connectivity index (χ0n) is 30.7. The molecule has 0 aromatic rings. The molecule has 0 heterocycles. The number of ether oxygens (including phenoxy) is 2. The third-order valence-electron chi connectivity index (χ3n) is 8.50. The molecule has 0 spiro atoms. The Morgan fingerprint density at radius 1 is 0.500 bits per heavy atom. The molecule has 0 aromatic heterocycles. The van der Waals surface area contributed by atoms with Crippen molar-refractivity contribution in [2.75, 3.05) is 13.6 Å². The predicted octanol–water partition coefficient (Wildman–Crippen LogP) is 8.06. The number of rotatable bonds is 35. The van der Waals surface area contributed by atoms with Crippen molar-refractivity contribution in [2.24, 2.45) is 0 Å². The van der Waals surface area contributed by atoms with Crippen LogP contribution in [0.4, 0.5) is 0 Å². The molecule has 272 valence electrons. The Morgan fingerprint density at radius 2 is 0.804 bits per heavy atom. The first kappa shape index (κ1) is 47.0. The Balaban J connectivity index is 0. The molecule has 0 fully saturated rings. The van der Waals surface area contributed by atoms with Crippen molar-refractivity contribution in [3.8, 4) is 0 Å². The SMILES string of the molecule is CCCCCCCC/C=C\CCCCCCCC(=O)OC(CC[NH2+]C)OC(=O)CCCCCCC/C=C\CCCCCCCC.[Br-]. The van der Waals surface area contributed by atoms with Gasteiger partial charge in [-0.3, -0.25) is 9.59 Å². The van der Waals surface area contributed by atoms with E-state index in [1.807, 2.05) is 12.4 Å². The van der Waals surface area contributed by atoms with Gasteiger partial charge in [-0.1, -0.05) is 141 Å². The molecule has 0 aromatic carbocycles. The molecule has 0 aliphatic carbocycles. The maximum absolute atomic E-state index is 12.4. The van der Waals surface area contributed by atoms with Gasteiger partial charge in [-0.25, -0.2) is 0 Å². The van der Waals surface area contributed by atoms with Crippen molar-refractivity contribution in [3.05, 3.63) is 24.3 Å². The first-order valence-corrected chi connectivity index (χ1v) is 19.6. The number of unbranched alkanes of at least 4 members (excludes halogenated alkanes) is 22. The van der Waals surface area contributed by atoms with Crippen molar-refractivity contribution in [1.82, 2.24) is 0 Å². The quantitative estimate of drug-likeness (QED) is 0.0312. The Kier molecular flexibility index (Phi) is 40.9. The standard InChI is InChI=1S/C40H75NO4.BrH/c1-4-6-8-10-12-14-16-18-20-22-24-26-28-30-32-34-38(42)44-40(36-37-41-3)45-39(43)35-33-31-29-27-25-23-21-19-17-15-13-11-9-7-5-2;/h18-21,40-41H,4-17,22-37H2,1-3H3;1H/b20-18-,21-19-;. The fourth-order valence-corrected chi connectivity index (χ4v) is 5.54. The second kappa shape index (κ2) is 40.0. The number of allylic oxidation sites excluding steroid dienone is 4. The van der Waals surface area contributed by atoms with E-state index >= 15 is 0 Å². The van der Waals surface area contributed by atoms with E-state index in [4.69, 9.17) is 9.47 Å². The van der Waals surface area contributed by atoms with Crippen LogP contribution in [-0.4, -0.2) is 31.8 Å². The summed E-state index contributed by atoms with van der Waals surface area (Å²) in [5.74, 6) is -0.495. The summed E-state index contributed by atoms with van der Waals surface area (Å²) in [6, 6.07) is 0. The lowest BCUT2D eigenvalue weighted by atomic mass is 10.1. The molecule has 0 atom stereocenters. The molecular formula is C40H76BrNO4. The lowest BCUT2D eigenvalue weighted by Gasteiger charge is -2.17.